The first-order chi connectivity index (χ1) is 5.97. The van der Waals surface area contributed by atoms with Crippen molar-refractivity contribution in [2.24, 2.45) is 0 Å². The maximum absolute atomic E-state index is 1.86. The van der Waals surface area contributed by atoms with Crippen LogP contribution in [0.3, 0.4) is 0 Å². The second kappa shape index (κ2) is 4.11. The topological polar surface area (TPSA) is 0 Å². The molecular formula is C12H20. The second-order valence-electron chi connectivity index (χ2n) is 4.33. The van der Waals surface area contributed by atoms with Gasteiger partial charge in [0.2, 0.25) is 0 Å². The summed E-state index contributed by atoms with van der Waals surface area (Å²) < 4.78 is 0. The van der Waals surface area contributed by atoms with E-state index in [1.54, 1.807) is 0 Å². The van der Waals surface area contributed by atoms with E-state index in [0.29, 0.717) is 0 Å². The fourth-order valence-corrected chi connectivity index (χ4v) is 2.66. The smallest absolute Gasteiger partial charge is 0.0318 e. The molecule has 2 aliphatic rings. The molecule has 0 aromatic heterocycles. The molecule has 0 aromatic carbocycles. The molecule has 0 heteroatoms. The van der Waals surface area contributed by atoms with E-state index in [1.165, 1.54) is 64.2 Å². The lowest BCUT2D eigenvalue weighted by atomic mass is 9.84. The first-order valence-corrected chi connectivity index (χ1v) is 5.66. The molecule has 0 atom stereocenters. The van der Waals surface area contributed by atoms with Gasteiger partial charge in [0.25, 0.3) is 0 Å². The van der Waals surface area contributed by atoms with Crippen LogP contribution in [-0.4, -0.2) is 0 Å². The molecule has 2 rings (SSSR count). The predicted octanol–water partition coefficient (Wildman–Crippen LogP) is 4.21. The van der Waals surface area contributed by atoms with Crippen molar-refractivity contribution in [2.45, 2.75) is 64.2 Å². The zero-order chi connectivity index (χ0) is 8.23. The third-order valence-corrected chi connectivity index (χ3v) is 3.41. The van der Waals surface area contributed by atoms with Crippen LogP contribution in [0.25, 0.3) is 0 Å². The maximum Gasteiger partial charge on any atom is -0.0318 e. The van der Waals surface area contributed by atoms with Crippen LogP contribution in [0.15, 0.2) is 11.1 Å². The van der Waals surface area contributed by atoms with E-state index < -0.39 is 0 Å². The van der Waals surface area contributed by atoms with Gasteiger partial charge in [-0.05, 0) is 51.4 Å². The zero-order valence-electron chi connectivity index (χ0n) is 8.07. The Morgan fingerprint density at radius 2 is 0.750 bits per heavy atom. The molecule has 0 radical (unpaired) electrons. The fourth-order valence-electron chi connectivity index (χ4n) is 2.66. The maximum atomic E-state index is 1.86. The van der Waals surface area contributed by atoms with Gasteiger partial charge in [0.15, 0.2) is 0 Å². The molecule has 0 unspecified atom stereocenters. The van der Waals surface area contributed by atoms with Crippen molar-refractivity contribution in [3.63, 3.8) is 0 Å². The van der Waals surface area contributed by atoms with E-state index in [2.05, 4.69) is 0 Å². The molecule has 0 saturated heterocycles. The van der Waals surface area contributed by atoms with Gasteiger partial charge in [-0.3, -0.25) is 0 Å². The number of allylic oxidation sites excluding steroid dienone is 2. The van der Waals surface area contributed by atoms with Crippen LogP contribution >= 0.6 is 0 Å². The Kier molecular flexibility index (Phi) is 2.86. The van der Waals surface area contributed by atoms with Crippen molar-refractivity contribution in [3.8, 4) is 0 Å². The van der Waals surface area contributed by atoms with Crippen molar-refractivity contribution in [3.05, 3.63) is 11.1 Å². The largest absolute Gasteiger partial charge is 0.0710 e. The van der Waals surface area contributed by atoms with E-state index in [4.69, 9.17) is 0 Å². The number of rotatable bonds is 0. The van der Waals surface area contributed by atoms with Gasteiger partial charge in [-0.2, -0.15) is 0 Å². The Morgan fingerprint density at radius 3 is 1.17 bits per heavy atom. The molecule has 0 N–H and O–H groups in total. The summed E-state index contributed by atoms with van der Waals surface area (Å²) in [5.41, 5.74) is 3.72. The zero-order valence-corrected chi connectivity index (χ0v) is 8.07. The van der Waals surface area contributed by atoms with E-state index >= 15 is 0 Å². The highest BCUT2D eigenvalue weighted by Gasteiger charge is 2.13. The van der Waals surface area contributed by atoms with E-state index in [1.807, 2.05) is 11.1 Å². The summed E-state index contributed by atoms with van der Waals surface area (Å²) in [6.07, 6.45) is 14.6. The molecular weight excluding hydrogens is 144 g/mol. The molecule has 0 aromatic rings. The highest BCUT2D eigenvalue weighted by molar-refractivity contribution is 5.17. The van der Waals surface area contributed by atoms with Crippen LogP contribution in [0.4, 0.5) is 0 Å². The van der Waals surface area contributed by atoms with Crippen LogP contribution in [0.1, 0.15) is 64.2 Å². The van der Waals surface area contributed by atoms with Crippen molar-refractivity contribution in [1.29, 1.82) is 0 Å². The van der Waals surface area contributed by atoms with Crippen LogP contribution in [-0.2, 0) is 0 Å². The summed E-state index contributed by atoms with van der Waals surface area (Å²) in [6, 6.07) is 0. The summed E-state index contributed by atoms with van der Waals surface area (Å²) in [5.74, 6) is 0. The Bertz CT molecular complexity index is 156. The van der Waals surface area contributed by atoms with Crippen molar-refractivity contribution in [1.82, 2.24) is 0 Å². The monoisotopic (exact) mass is 164 g/mol. The normalized spacial score (nSPS) is 26.0. The minimum Gasteiger partial charge on any atom is -0.0710 e. The van der Waals surface area contributed by atoms with Crippen LogP contribution in [0, 0.1) is 0 Å². The molecule has 12 heavy (non-hydrogen) atoms. The Morgan fingerprint density at radius 1 is 0.417 bits per heavy atom. The SMILES string of the molecule is C1CCCC2=C(CC1)CCCC2. The Hall–Kier alpha value is -0.260. The van der Waals surface area contributed by atoms with Gasteiger partial charge in [-0.25, -0.2) is 0 Å². The fraction of sp³-hybridized carbons (Fsp3) is 0.833. The van der Waals surface area contributed by atoms with E-state index in [-0.39, 0.29) is 0 Å². The standard InChI is InChI=1S/C12H20/c1-2-4-8-12-10-6-5-9-11(12)7-3-1/h1-10H2. The van der Waals surface area contributed by atoms with Crippen LogP contribution in [0.5, 0.6) is 0 Å². The minimum absolute atomic E-state index is 1.44. The lowest BCUT2D eigenvalue weighted by Crippen LogP contribution is -2.02. The average Bonchev–Trinajstić information content (AvgIpc) is 2.06. The first-order valence-electron chi connectivity index (χ1n) is 5.66. The summed E-state index contributed by atoms with van der Waals surface area (Å²) in [6.45, 7) is 0. The van der Waals surface area contributed by atoms with Gasteiger partial charge < -0.3 is 0 Å². The molecule has 0 aliphatic heterocycles. The van der Waals surface area contributed by atoms with E-state index in [9.17, 15) is 0 Å². The third kappa shape index (κ3) is 1.91. The predicted molar refractivity (Wildman–Crippen MR) is 53.2 cm³/mol. The lowest BCUT2D eigenvalue weighted by Gasteiger charge is -2.22. The molecule has 2 aliphatic carbocycles. The van der Waals surface area contributed by atoms with Gasteiger partial charge in [-0.1, -0.05) is 24.0 Å². The van der Waals surface area contributed by atoms with Crippen LogP contribution in [0.2, 0.25) is 0 Å². The molecule has 0 heterocycles. The molecule has 68 valence electrons. The lowest BCUT2D eigenvalue weighted by molar-refractivity contribution is 0.547. The van der Waals surface area contributed by atoms with Gasteiger partial charge >= 0.3 is 0 Å². The van der Waals surface area contributed by atoms with Gasteiger partial charge in [0, 0.05) is 0 Å². The second-order valence-corrected chi connectivity index (χ2v) is 4.33. The first kappa shape index (κ1) is 8.34. The number of hydrogen-bond acceptors (Lipinski definition) is 0. The Balaban J connectivity index is 2.06. The summed E-state index contributed by atoms with van der Waals surface area (Å²) in [4.78, 5) is 0. The number of hydrogen-bond donors (Lipinski definition) is 0. The molecule has 0 saturated carbocycles. The molecule has 0 amide bonds. The molecule has 0 fully saturated rings. The van der Waals surface area contributed by atoms with Gasteiger partial charge in [-0.15, -0.1) is 0 Å². The van der Waals surface area contributed by atoms with Gasteiger partial charge in [0.1, 0.15) is 0 Å². The van der Waals surface area contributed by atoms with Crippen molar-refractivity contribution < 1.29 is 0 Å². The van der Waals surface area contributed by atoms with Gasteiger partial charge in [0.05, 0.1) is 0 Å². The highest BCUT2D eigenvalue weighted by Crippen LogP contribution is 2.33. The van der Waals surface area contributed by atoms with Crippen molar-refractivity contribution in [2.75, 3.05) is 0 Å². The third-order valence-electron chi connectivity index (χ3n) is 3.41. The minimum atomic E-state index is 1.44. The van der Waals surface area contributed by atoms with E-state index in [0.717, 1.165) is 0 Å². The summed E-state index contributed by atoms with van der Waals surface area (Å²) in [5, 5.41) is 0. The molecule has 0 spiro atoms. The quantitative estimate of drug-likeness (QED) is 0.470. The summed E-state index contributed by atoms with van der Waals surface area (Å²) >= 11 is 0. The Labute approximate surface area is 76.1 Å². The summed E-state index contributed by atoms with van der Waals surface area (Å²) in [7, 11) is 0. The molecule has 0 nitrogen and oxygen atoms in total. The average molecular weight is 164 g/mol. The van der Waals surface area contributed by atoms with Crippen molar-refractivity contribution >= 4 is 0 Å². The molecule has 0 bridgehead atoms. The van der Waals surface area contributed by atoms with Crippen LogP contribution < -0.4 is 0 Å². The highest BCUT2D eigenvalue weighted by atomic mass is 14.2.